The molecule has 0 saturated carbocycles. The van der Waals surface area contributed by atoms with Crippen LogP contribution in [0.1, 0.15) is 20.8 Å². The molecule has 2 rings (SSSR count). The van der Waals surface area contributed by atoms with Crippen molar-refractivity contribution in [2.45, 2.75) is 33.1 Å². The van der Waals surface area contributed by atoms with Gasteiger partial charge in [0.2, 0.25) is 11.9 Å². The number of ether oxygens (including phenoxy) is 1. The highest BCUT2D eigenvalue weighted by molar-refractivity contribution is 5.54. The van der Waals surface area contributed by atoms with Crippen molar-refractivity contribution >= 4 is 17.6 Å². The van der Waals surface area contributed by atoms with Crippen LogP contribution in [0.3, 0.4) is 0 Å². The van der Waals surface area contributed by atoms with Gasteiger partial charge in [-0.15, -0.1) is 0 Å². The maximum absolute atomic E-state index is 13.0. The zero-order chi connectivity index (χ0) is 19.3. The number of rotatable bonds is 7. The summed E-state index contributed by atoms with van der Waals surface area (Å²) in [7, 11) is 0. The van der Waals surface area contributed by atoms with E-state index in [2.05, 4.69) is 20.3 Å². The summed E-state index contributed by atoms with van der Waals surface area (Å²) in [6, 6.07) is 4.93. The number of benzene rings is 1. The number of nitrogens with zero attached hydrogens (tertiary/aromatic N) is 4. The minimum absolute atomic E-state index is 0.00196. The highest BCUT2D eigenvalue weighted by atomic mass is 19.4. The first-order valence-electron chi connectivity index (χ1n) is 8.00. The zero-order valence-corrected chi connectivity index (χ0v) is 14.5. The molecule has 10 heteroatoms. The molecule has 0 aliphatic rings. The molecule has 0 bridgehead atoms. The molecule has 1 atom stereocenters. The standard InChI is InChI=1S/C16H19F4N5O/c1-4-25(5-2)14-22-13(21-12-8-6-11(17)7-9-12)23-15(24-14)26-10(3)16(18,19)20/h6-10H,4-5H2,1-3H3,(H,21,22,23,24). The van der Waals surface area contributed by atoms with Crippen molar-refractivity contribution < 1.29 is 22.3 Å². The Bertz CT molecular complexity index is 720. The van der Waals surface area contributed by atoms with E-state index >= 15 is 0 Å². The minimum atomic E-state index is -4.55. The average Bonchev–Trinajstić information content (AvgIpc) is 2.57. The molecular weight excluding hydrogens is 354 g/mol. The Morgan fingerprint density at radius 1 is 1.08 bits per heavy atom. The van der Waals surface area contributed by atoms with Gasteiger partial charge in [0.1, 0.15) is 5.82 Å². The number of anilines is 3. The topological polar surface area (TPSA) is 63.2 Å². The highest BCUT2D eigenvalue weighted by Crippen LogP contribution is 2.25. The van der Waals surface area contributed by atoms with Crippen LogP contribution in [-0.4, -0.2) is 40.3 Å². The number of nitrogens with one attached hydrogen (secondary N) is 1. The highest BCUT2D eigenvalue weighted by Gasteiger charge is 2.38. The van der Waals surface area contributed by atoms with Gasteiger partial charge in [0.05, 0.1) is 0 Å². The summed E-state index contributed by atoms with van der Waals surface area (Å²) in [6.45, 7) is 5.68. The molecule has 0 aliphatic heterocycles. The number of hydrogen-bond acceptors (Lipinski definition) is 6. The first kappa shape index (κ1) is 19.7. The lowest BCUT2D eigenvalue weighted by Gasteiger charge is -2.21. The van der Waals surface area contributed by atoms with Gasteiger partial charge in [0, 0.05) is 18.8 Å². The van der Waals surface area contributed by atoms with Crippen molar-refractivity contribution in [1.82, 2.24) is 15.0 Å². The molecular formula is C16H19F4N5O. The van der Waals surface area contributed by atoms with Crippen molar-refractivity contribution in [3.05, 3.63) is 30.1 Å². The van der Waals surface area contributed by atoms with E-state index in [1.54, 1.807) is 4.90 Å². The Hall–Kier alpha value is -2.65. The van der Waals surface area contributed by atoms with E-state index in [9.17, 15) is 17.6 Å². The normalized spacial score (nSPS) is 12.6. The number of halogens is 4. The number of aromatic nitrogens is 3. The van der Waals surface area contributed by atoms with Crippen LogP contribution in [0, 0.1) is 5.82 Å². The molecule has 2 aromatic rings. The van der Waals surface area contributed by atoms with Crippen LogP contribution >= 0.6 is 0 Å². The SMILES string of the molecule is CCN(CC)c1nc(Nc2ccc(F)cc2)nc(OC(C)C(F)(F)F)n1. The fraction of sp³-hybridized carbons (Fsp3) is 0.438. The summed E-state index contributed by atoms with van der Waals surface area (Å²) in [4.78, 5) is 13.8. The molecule has 1 N–H and O–H groups in total. The molecule has 1 heterocycles. The van der Waals surface area contributed by atoms with Crippen molar-refractivity contribution in [3.8, 4) is 6.01 Å². The molecule has 6 nitrogen and oxygen atoms in total. The fourth-order valence-electron chi connectivity index (χ4n) is 1.99. The Labute approximate surface area is 148 Å². The minimum Gasteiger partial charge on any atom is -0.451 e. The molecule has 142 valence electrons. The summed E-state index contributed by atoms with van der Waals surface area (Å²) in [5, 5.41) is 2.81. The van der Waals surface area contributed by atoms with Gasteiger partial charge in [-0.2, -0.15) is 28.1 Å². The second kappa shape index (κ2) is 8.15. The fourth-order valence-corrected chi connectivity index (χ4v) is 1.99. The van der Waals surface area contributed by atoms with Gasteiger partial charge in [0.15, 0.2) is 6.10 Å². The quantitative estimate of drug-likeness (QED) is 0.742. The number of hydrogen-bond donors (Lipinski definition) is 1. The van der Waals surface area contributed by atoms with E-state index in [0.717, 1.165) is 6.92 Å². The van der Waals surface area contributed by atoms with Gasteiger partial charge >= 0.3 is 12.2 Å². The second-order valence-corrected chi connectivity index (χ2v) is 5.35. The molecule has 1 aromatic heterocycles. The van der Waals surface area contributed by atoms with Crippen LogP contribution in [0.15, 0.2) is 24.3 Å². The van der Waals surface area contributed by atoms with E-state index in [1.807, 2.05) is 13.8 Å². The second-order valence-electron chi connectivity index (χ2n) is 5.35. The molecule has 0 aliphatic carbocycles. The van der Waals surface area contributed by atoms with Crippen molar-refractivity contribution in [3.63, 3.8) is 0 Å². The van der Waals surface area contributed by atoms with Crippen LogP contribution in [0.5, 0.6) is 6.01 Å². The molecule has 0 saturated heterocycles. The van der Waals surface area contributed by atoms with Gasteiger partial charge in [0.25, 0.3) is 0 Å². The van der Waals surface area contributed by atoms with E-state index in [0.29, 0.717) is 18.8 Å². The third-order valence-corrected chi connectivity index (χ3v) is 3.49. The Kier molecular flexibility index (Phi) is 6.17. The van der Waals surface area contributed by atoms with E-state index in [4.69, 9.17) is 4.74 Å². The predicted molar refractivity (Wildman–Crippen MR) is 89.2 cm³/mol. The third-order valence-electron chi connectivity index (χ3n) is 3.49. The van der Waals surface area contributed by atoms with Gasteiger partial charge in [-0.05, 0) is 45.0 Å². The van der Waals surface area contributed by atoms with Crippen LogP contribution in [0.4, 0.5) is 35.1 Å². The van der Waals surface area contributed by atoms with Crippen LogP contribution in [0.25, 0.3) is 0 Å². The van der Waals surface area contributed by atoms with Gasteiger partial charge in [-0.1, -0.05) is 0 Å². The first-order valence-corrected chi connectivity index (χ1v) is 8.00. The summed E-state index contributed by atoms with van der Waals surface area (Å²) in [6.07, 6.45) is -6.62. The predicted octanol–water partition coefficient (Wildman–Crippen LogP) is 3.93. The lowest BCUT2D eigenvalue weighted by Crippen LogP contribution is -2.32. The molecule has 1 aromatic carbocycles. The molecule has 1 unspecified atom stereocenters. The average molecular weight is 373 g/mol. The lowest BCUT2D eigenvalue weighted by molar-refractivity contribution is -0.190. The van der Waals surface area contributed by atoms with Crippen LogP contribution < -0.4 is 15.0 Å². The molecule has 0 radical (unpaired) electrons. The van der Waals surface area contributed by atoms with E-state index in [1.165, 1.54) is 24.3 Å². The summed E-state index contributed by atoms with van der Waals surface area (Å²) < 4.78 is 56.1. The van der Waals surface area contributed by atoms with Crippen molar-refractivity contribution in [1.29, 1.82) is 0 Å². The van der Waals surface area contributed by atoms with Gasteiger partial charge in [-0.25, -0.2) is 4.39 Å². The molecule has 0 amide bonds. The van der Waals surface area contributed by atoms with Crippen molar-refractivity contribution in [2.24, 2.45) is 0 Å². The Morgan fingerprint density at radius 2 is 1.69 bits per heavy atom. The van der Waals surface area contributed by atoms with E-state index in [-0.39, 0.29) is 11.9 Å². The van der Waals surface area contributed by atoms with Gasteiger partial charge in [-0.3, -0.25) is 0 Å². The van der Waals surface area contributed by atoms with Crippen LogP contribution in [0.2, 0.25) is 0 Å². The van der Waals surface area contributed by atoms with Gasteiger partial charge < -0.3 is 15.0 Å². The monoisotopic (exact) mass is 373 g/mol. The van der Waals surface area contributed by atoms with Crippen LogP contribution in [-0.2, 0) is 0 Å². The Balaban J connectivity index is 2.34. The number of alkyl halides is 3. The molecule has 0 fully saturated rings. The summed E-state index contributed by atoms with van der Waals surface area (Å²) in [5.74, 6) is -0.241. The Morgan fingerprint density at radius 3 is 2.23 bits per heavy atom. The largest absolute Gasteiger partial charge is 0.451 e. The molecule has 0 spiro atoms. The molecule has 26 heavy (non-hydrogen) atoms. The maximum atomic E-state index is 13.0. The summed E-state index contributed by atoms with van der Waals surface area (Å²) in [5.41, 5.74) is 0.470. The lowest BCUT2D eigenvalue weighted by atomic mass is 10.3. The van der Waals surface area contributed by atoms with E-state index < -0.39 is 24.1 Å². The maximum Gasteiger partial charge on any atom is 0.425 e. The summed E-state index contributed by atoms with van der Waals surface area (Å²) >= 11 is 0. The zero-order valence-electron chi connectivity index (χ0n) is 14.5. The third kappa shape index (κ3) is 5.17. The first-order chi connectivity index (χ1) is 12.2. The smallest absolute Gasteiger partial charge is 0.425 e. The van der Waals surface area contributed by atoms with Crippen molar-refractivity contribution in [2.75, 3.05) is 23.3 Å².